The van der Waals surface area contributed by atoms with Crippen LogP contribution in [-0.2, 0) is 4.79 Å². The molecule has 1 rings (SSSR count). The number of benzene rings is 1. The van der Waals surface area contributed by atoms with Crippen molar-refractivity contribution in [2.45, 2.75) is 13.8 Å². The van der Waals surface area contributed by atoms with Crippen LogP contribution in [0.2, 0.25) is 0 Å². The third kappa shape index (κ3) is 4.73. The molecule has 0 aliphatic rings. The molecule has 6 nitrogen and oxygen atoms in total. The number of carbonyl (C=O) groups excluding carboxylic acids is 1. The molecule has 1 aromatic carbocycles. The second kappa shape index (κ2) is 6.48. The van der Waals surface area contributed by atoms with E-state index in [1.165, 1.54) is 0 Å². The third-order valence-corrected chi connectivity index (χ3v) is 2.35. The number of hydrogen-bond acceptors (Lipinski definition) is 3. The summed E-state index contributed by atoms with van der Waals surface area (Å²) in [5.74, 6) is -0.447. The second-order valence-corrected chi connectivity index (χ2v) is 3.79. The normalized spacial score (nSPS) is 9.67. The molecule has 0 radical (unpaired) electrons. The van der Waals surface area contributed by atoms with Crippen LogP contribution in [0, 0.1) is 13.8 Å². The molecule has 0 bridgehead atoms. The van der Waals surface area contributed by atoms with Gasteiger partial charge in [-0.1, -0.05) is 6.07 Å². The highest BCUT2D eigenvalue weighted by atomic mass is 16.5. The summed E-state index contributed by atoms with van der Waals surface area (Å²) in [6.07, 6.45) is 0. The Bertz CT molecular complexity index is 446. The summed E-state index contributed by atoms with van der Waals surface area (Å²) in [5, 5.41) is 12.9. The molecule has 0 heterocycles. The zero-order valence-electron chi connectivity index (χ0n) is 10.3. The monoisotopic (exact) mass is 252 g/mol. The minimum absolute atomic E-state index is 0.0199. The van der Waals surface area contributed by atoms with E-state index < -0.39 is 18.5 Å². The Labute approximate surface area is 105 Å². The number of urea groups is 1. The number of amides is 2. The number of aryl methyl sites for hydroxylation is 2. The minimum atomic E-state index is -1.10. The zero-order chi connectivity index (χ0) is 13.5. The minimum Gasteiger partial charge on any atom is -0.480 e. The Balaban J connectivity index is 2.30. The van der Waals surface area contributed by atoms with Gasteiger partial charge in [0.1, 0.15) is 12.3 Å². The highest BCUT2D eigenvalue weighted by molar-refractivity contribution is 5.79. The van der Waals surface area contributed by atoms with Crippen molar-refractivity contribution in [2.75, 3.05) is 13.3 Å². The Morgan fingerprint density at radius 2 is 1.94 bits per heavy atom. The Morgan fingerprint density at radius 1 is 1.22 bits per heavy atom. The van der Waals surface area contributed by atoms with Gasteiger partial charge in [-0.05, 0) is 37.1 Å². The van der Waals surface area contributed by atoms with Crippen molar-refractivity contribution < 1.29 is 19.4 Å². The predicted octanol–water partition coefficient (Wildman–Crippen LogP) is 1.02. The first-order valence-corrected chi connectivity index (χ1v) is 5.42. The van der Waals surface area contributed by atoms with Crippen LogP contribution in [0.15, 0.2) is 18.2 Å². The lowest BCUT2D eigenvalue weighted by Gasteiger charge is -2.09. The SMILES string of the molecule is Cc1ccc(OCNC(=O)NCC(=O)O)cc1C. The zero-order valence-corrected chi connectivity index (χ0v) is 10.3. The van der Waals surface area contributed by atoms with Gasteiger partial charge < -0.3 is 20.5 Å². The molecular weight excluding hydrogens is 236 g/mol. The van der Waals surface area contributed by atoms with E-state index in [-0.39, 0.29) is 6.73 Å². The van der Waals surface area contributed by atoms with Crippen LogP contribution >= 0.6 is 0 Å². The molecule has 0 saturated carbocycles. The lowest BCUT2D eigenvalue weighted by atomic mass is 10.1. The van der Waals surface area contributed by atoms with E-state index in [4.69, 9.17) is 9.84 Å². The maximum Gasteiger partial charge on any atom is 0.323 e. The quantitative estimate of drug-likeness (QED) is 0.683. The highest BCUT2D eigenvalue weighted by Gasteiger charge is 2.02. The molecule has 18 heavy (non-hydrogen) atoms. The molecule has 3 N–H and O–H groups in total. The number of carboxylic acid groups (broad SMARTS) is 1. The topological polar surface area (TPSA) is 87.7 Å². The standard InChI is InChI=1S/C12H16N2O4/c1-8-3-4-10(5-9(8)2)18-7-14-12(17)13-6-11(15)16/h3-5H,6-7H2,1-2H3,(H,15,16)(H2,13,14,17). The van der Waals surface area contributed by atoms with E-state index in [9.17, 15) is 9.59 Å². The van der Waals surface area contributed by atoms with Crippen molar-refractivity contribution in [2.24, 2.45) is 0 Å². The van der Waals surface area contributed by atoms with Gasteiger partial charge in [-0.25, -0.2) is 4.79 Å². The van der Waals surface area contributed by atoms with Crippen molar-refractivity contribution in [3.8, 4) is 5.75 Å². The molecule has 0 unspecified atom stereocenters. The average Bonchev–Trinajstić information content (AvgIpc) is 2.31. The summed E-state index contributed by atoms with van der Waals surface area (Å²) < 4.78 is 5.30. The van der Waals surface area contributed by atoms with E-state index in [1.54, 1.807) is 6.07 Å². The van der Waals surface area contributed by atoms with Crippen molar-refractivity contribution >= 4 is 12.0 Å². The highest BCUT2D eigenvalue weighted by Crippen LogP contribution is 2.15. The van der Waals surface area contributed by atoms with Gasteiger partial charge in [0.05, 0.1) is 0 Å². The van der Waals surface area contributed by atoms with Crippen molar-refractivity contribution in [1.82, 2.24) is 10.6 Å². The lowest BCUT2D eigenvalue weighted by Crippen LogP contribution is -2.40. The van der Waals surface area contributed by atoms with Crippen molar-refractivity contribution in [3.63, 3.8) is 0 Å². The van der Waals surface area contributed by atoms with Crippen LogP contribution in [0.4, 0.5) is 4.79 Å². The van der Waals surface area contributed by atoms with E-state index in [2.05, 4.69) is 10.6 Å². The molecule has 0 spiro atoms. The second-order valence-electron chi connectivity index (χ2n) is 3.79. The summed E-state index contributed by atoms with van der Waals surface area (Å²) in [6.45, 7) is 3.52. The smallest absolute Gasteiger partial charge is 0.323 e. The number of carbonyl (C=O) groups is 2. The summed E-state index contributed by atoms with van der Waals surface area (Å²) >= 11 is 0. The van der Waals surface area contributed by atoms with Crippen LogP contribution < -0.4 is 15.4 Å². The number of carboxylic acids is 1. The van der Waals surface area contributed by atoms with E-state index in [0.29, 0.717) is 5.75 Å². The molecule has 0 aromatic heterocycles. The Hall–Kier alpha value is -2.24. The Morgan fingerprint density at radius 3 is 2.56 bits per heavy atom. The summed E-state index contributed by atoms with van der Waals surface area (Å²) in [4.78, 5) is 21.3. The maximum atomic E-state index is 11.1. The molecular formula is C12H16N2O4. The van der Waals surface area contributed by atoms with E-state index in [0.717, 1.165) is 11.1 Å². The van der Waals surface area contributed by atoms with Gasteiger partial charge in [0.25, 0.3) is 0 Å². The summed E-state index contributed by atoms with van der Waals surface area (Å²) in [7, 11) is 0. The van der Waals surface area contributed by atoms with Gasteiger partial charge in [0.15, 0.2) is 6.73 Å². The fraction of sp³-hybridized carbons (Fsp3) is 0.333. The van der Waals surface area contributed by atoms with Crippen LogP contribution in [0.3, 0.4) is 0 Å². The fourth-order valence-electron chi connectivity index (χ4n) is 1.21. The Kier molecular flexibility index (Phi) is 4.98. The molecule has 0 atom stereocenters. The van der Waals surface area contributed by atoms with Crippen molar-refractivity contribution in [3.05, 3.63) is 29.3 Å². The summed E-state index contributed by atoms with van der Waals surface area (Å²) in [6, 6.07) is 5.02. The van der Waals surface area contributed by atoms with Gasteiger partial charge in [-0.3, -0.25) is 4.79 Å². The number of hydrogen-bond donors (Lipinski definition) is 3. The largest absolute Gasteiger partial charge is 0.480 e. The molecule has 6 heteroatoms. The van der Waals surface area contributed by atoms with Crippen LogP contribution in [0.1, 0.15) is 11.1 Å². The molecule has 0 aliphatic carbocycles. The first kappa shape index (κ1) is 13.8. The van der Waals surface area contributed by atoms with Gasteiger partial charge in [-0.2, -0.15) is 0 Å². The van der Waals surface area contributed by atoms with Gasteiger partial charge in [-0.15, -0.1) is 0 Å². The lowest BCUT2D eigenvalue weighted by molar-refractivity contribution is -0.135. The molecule has 0 aliphatic heterocycles. The molecule has 0 saturated heterocycles. The maximum absolute atomic E-state index is 11.1. The first-order valence-electron chi connectivity index (χ1n) is 5.42. The van der Waals surface area contributed by atoms with E-state index in [1.807, 2.05) is 26.0 Å². The fourth-order valence-corrected chi connectivity index (χ4v) is 1.21. The van der Waals surface area contributed by atoms with Crippen LogP contribution in [0.5, 0.6) is 5.75 Å². The molecule has 1 aromatic rings. The number of ether oxygens (including phenoxy) is 1. The van der Waals surface area contributed by atoms with Crippen LogP contribution in [-0.4, -0.2) is 30.4 Å². The predicted molar refractivity (Wildman–Crippen MR) is 65.6 cm³/mol. The van der Waals surface area contributed by atoms with Crippen molar-refractivity contribution in [1.29, 1.82) is 0 Å². The molecule has 0 fully saturated rings. The van der Waals surface area contributed by atoms with Gasteiger partial charge in [0, 0.05) is 0 Å². The number of aliphatic carboxylic acids is 1. The third-order valence-electron chi connectivity index (χ3n) is 2.35. The van der Waals surface area contributed by atoms with Crippen LogP contribution in [0.25, 0.3) is 0 Å². The van der Waals surface area contributed by atoms with E-state index >= 15 is 0 Å². The average molecular weight is 252 g/mol. The van der Waals surface area contributed by atoms with Gasteiger partial charge >= 0.3 is 12.0 Å². The summed E-state index contributed by atoms with van der Waals surface area (Å²) in [5.41, 5.74) is 2.26. The molecule has 2 amide bonds. The molecule has 98 valence electrons. The first-order chi connectivity index (χ1) is 8.49. The number of rotatable bonds is 5. The number of nitrogens with one attached hydrogen (secondary N) is 2. The van der Waals surface area contributed by atoms with Gasteiger partial charge in [0.2, 0.25) is 0 Å².